The van der Waals surface area contributed by atoms with Crippen LogP contribution in [0.1, 0.15) is 26.3 Å². The summed E-state index contributed by atoms with van der Waals surface area (Å²) in [5.41, 5.74) is 8.14. The van der Waals surface area contributed by atoms with E-state index < -0.39 is 0 Å². The van der Waals surface area contributed by atoms with E-state index in [2.05, 4.69) is 49.8 Å². The van der Waals surface area contributed by atoms with Crippen LogP contribution in [-0.2, 0) is 6.54 Å². The molecule has 3 nitrogen and oxygen atoms in total. The highest BCUT2D eigenvalue weighted by Gasteiger charge is 2.15. The molecule has 1 heterocycles. The molecule has 0 saturated heterocycles. The van der Waals surface area contributed by atoms with E-state index in [1.165, 1.54) is 0 Å². The van der Waals surface area contributed by atoms with Crippen molar-refractivity contribution in [3.8, 4) is 0 Å². The number of anilines is 1. The second kappa shape index (κ2) is 5.57. The number of rotatable bonds is 4. The van der Waals surface area contributed by atoms with Crippen molar-refractivity contribution in [3.05, 3.63) is 35.9 Å². The van der Waals surface area contributed by atoms with Gasteiger partial charge in [-0.15, -0.1) is 0 Å². The van der Waals surface area contributed by atoms with Crippen molar-refractivity contribution in [1.82, 2.24) is 9.88 Å². The standard InChI is InChI=1S/C16H23N3/c1-11(2)12(3)19(4)10-14-9-13-7-5-6-8-15(13)18-16(14)17/h5-9,11-12H,10H2,1-4H3,(H2,17,18). The molecule has 1 atom stereocenters. The number of pyridine rings is 1. The monoisotopic (exact) mass is 257 g/mol. The number of nitrogens with two attached hydrogens (primary N) is 1. The molecule has 2 aromatic rings. The Hall–Kier alpha value is -1.61. The van der Waals surface area contributed by atoms with Crippen LogP contribution in [0.15, 0.2) is 30.3 Å². The van der Waals surface area contributed by atoms with Crippen molar-refractivity contribution < 1.29 is 0 Å². The van der Waals surface area contributed by atoms with Crippen LogP contribution in [-0.4, -0.2) is 23.0 Å². The first-order chi connectivity index (χ1) is 8.99. The van der Waals surface area contributed by atoms with Crippen molar-refractivity contribution in [2.75, 3.05) is 12.8 Å². The van der Waals surface area contributed by atoms with Crippen molar-refractivity contribution in [2.24, 2.45) is 5.92 Å². The van der Waals surface area contributed by atoms with Gasteiger partial charge in [0, 0.05) is 23.5 Å². The van der Waals surface area contributed by atoms with Gasteiger partial charge in [0.05, 0.1) is 5.52 Å². The molecule has 1 unspecified atom stereocenters. The topological polar surface area (TPSA) is 42.2 Å². The molecule has 0 bridgehead atoms. The third-order valence-corrected chi connectivity index (χ3v) is 3.92. The lowest BCUT2D eigenvalue weighted by Crippen LogP contribution is -2.33. The minimum Gasteiger partial charge on any atom is -0.383 e. The molecule has 19 heavy (non-hydrogen) atoms. The summed E-state index contributed by atoms with van der Waals surface area (Å²) in [6.45, 7) is 7.56. The molecular formula is C16H23N3. The van der Waals surface area contributed by atoms with Gasteiger partial charge < -0.3 is 5.73 Å². The zero-order valence-corrected chi connectivity index (χ0v) is 12.2. The number of fused-ring (bicyclic) bond motifs is 1. The predicted octanol–water partition coefficient (Wildman–Crippen LogP) is 3.29. The summed E-state index contributed by atoms with van der Waals surface area (Å²) in [6.07, 6.45) is 0. The van der Waals surface area contributed by atoms with Gasteiger partial charge in [0.15, 0.2) is 0 Å². The van der Waals surface area contributed by atoms with Crippen LogP contribution >= 0.6 is 0 Å². The zero-order chi connectivity index (χ0) is 14.0. The third kappa shape index (κ3) is 3.04. The van der Waals surface area contributed by atoms with Gasteiger partial charge in [0.25, 0.3) is 0 Å². The van der Waals surface area contributed by atoms with E-state index in [0.29, 0.717) is 17.8 Å². The number of aromatic nitrogens is 1. The Morgan fingerprint density at radius 1 is 1.21 bits per heavy atom. The van der Waals surface area contributed by atoms with Crippen molar-refractivity contribution in [2.45, 2.75) is 33.4 Å². The normalized spacial score (nSPS) is 13.4. The molecule has 0 radical (unpaired) electrons. The van der Waals surface area contributed by atoms with E-state index in [-0.39, 0.29) is 0 Å². The highest BCUT2D eigenvalue weighted by molar-refractivity contribution is 5.81. The van der Waals surface area contributed by atoms with E-state index >= 15 is 0 Å². The summed E-state index contributed by atoms with van der Waals surface area (Å²) in [4.78, 5) is 6.81. The van der Waals surface area contributed by atoms with Gasteiger partial charge >= 0.3 is 0 Å². The maximum Gasteiger partial charge on any atom is 0.128 e. The predicted molar refractivity (Wildman–Crippen MR) is 81.9 cm³/mol. The van der Waals surface area contributed by atoms with Crippen LogP contribution in [0.4, 0.5) is 5.82 Å². The molecule has 0 aliphatic carbocycles. The molecule has 0 saturated carbocycles. The SMILES string of the molecule is CC(C)C(C)N(C)Cc1cc2ccccc2nc1N. The molecule has 2 rings (SSSR count). The lowest BCUT2D eigenvalue weighted by molar-refractivity contribution is 0.201. The maximum atomic E-state index is 6.07. The van der Waals surface area contributed by atoms with Gasteiger partial charge in [-0.25, -0.2) is 4.98 Å². The first-order valence-electron chi connectivity index (χ1n) is 6.83. The first-order valence-corrected chi connectivity index (χ1v) is 6.83. The van der Waals surface area contributed by atoms with Crippen molar-refractivity contribution in [3.63, 3.8) is 0 Å². The van der Waals surface area contributed by atoms with Crippen LogP contribution < -0.4 is 5.73 Å². The average molecular weight is 257 g/mol. The number of hydrogen-bond donors (Lipinski definition) is 1. The van der Waals surface area contributed by atoms with Crippen LogP contribution in [0, 0.1) is 5.92 Å². The summed E-state index contributed by atoms with van der Waals surface area (Å²) < 4.78 is 0. The number of nitrogens with zero attached hydrogens (tertiary/aromatic N) is 2. The number of hydrogen-bond acceptors (Lipinski definition) is 3. The van der Waals surface area contributed by atoms with Gasteiger partial charge in [-0.1, -0.05) is 32.0 Å². The first kappa shape index (κ1) is 13.8. The van der Waals surface area contributed by atoms with Gasteiger partial charge in [-0.3, -0.25) is 4.90 Å². The van der Waals surface area contributed by atoms with Gasteiger partial charge in [-0.2, -0.15) is 0 Å². The molecule has 0 aliphatic heterocycles. The second-order valence-corrected chi connectivity index (χ2v) is 5.63. The van der Waals surface area contributed by atoms with Crippen LogP contribution in [0.2, 0.25) is 0 Å². The minimum absolute atomic E-state index is 0.519. The van der Waals surface area contributed by atoms with Gasteiger partial charge in [-0.05, 0) is 32.0 Å². The van der Waals surface area contributed by atoms with Crippen LogP contribution in [0.3, 0.4) is 0 Å². The molecule has 0 amide bonds. The molecule has 3 heteroatoms. The van der Waals surface area contributed by atoms with E-state index in [1.54, 1.807) is 0 Å². The molecule has 1 aromatic heterocycles. The van der Waals surface area contributed by atoms with E-state index in [1.807, 2.05) is 18.2 Å². The molecule has 0 fully saturated rings. The summed E-state index contributed by atoms with van der Waals surface area (Å²) in [5.74, 6) is 1.26. The second-order valence-electron chi connectivity index (χ2n) is 5.63. The Morgan fingerprint density at radius 2 is 1.89 bits per heavy atom. The molecule has 1 aromatic carbocycles. The quantitative estimate of drug-likeness (QED) is 0.914. The minimum atomic E-state index is 0.519. The highest BCUT2D eigenvalue weighted by Crippen LogP contribution is 2.21. The smallest absolute Gasteiger partial charge is 0.128 e. The third-order valence-electron chi connectivity index (χ3n) is 3.92. The fourth-order valence-corrected chi connectivity index (χ4v) is 2.22. The fraction of sp³-hybridized carbons (Fsp3) is 0.438. The van der Waals surface area contributed by atoms with Crippen molar-refractivity contribution in [1.29, 1.82) is 0 Å². The maximum absolute atomic E-state index is 6.07. The van der Waals surface area contributed by atoms with E-state index in [9.17, 15) is 0 Å². The molecule has 102 valence electrons. The highest BCUT2D eigenvalue weighted by atomic mass is 15.1. The number of benzene rings is 1. The Labute approximate surface area is 115 Å². The van der Waals surface area contributed by atoms with Crippen LogP contribution in [0.25, 0.3) is 10.9 Å². The number of para-hydroxylation sites is 1. The Bertz CT molecular complexity index is 563. The zero-order valence-electron chi connectivity index (χ0n) is 12.2. The van der Waals surface area contributed by atoms with Gasteiger partial charge in [0.1, 0.15) is 5.82 Å². The Kier molecular flexibility index (Phi) is 4.05. The summed E-state index contributed by atoms with van der Waals surface area (Å²) in [6, 6.07) is 10.8. The van der Waals surface area contributed by atoms with Gasteiger partial charge in [0.2, 0.25) is 0 Å². The Balaban J connectivity index is 2.27. The summed E-state index contributed by atoms with van der Waals surface area (Å²) in [7, 11) is 2.14. The summed E-state index contributed by atoms with van der Waals surface area (Å²) >= 11 is 0. The molecule has 0 aliphatic rings. The van der Waals surface area contributed by atoms with Crippen molar-refractivity contribution >= 4 is 16.7 Å². The fourth-order valence-electron chi connectivity index (χ4n) is 2.22. The summed E-state index contributed by atoms with van der Waals surface area (Å²) in [5, 5.41) is 1.15. The average Bonchev–Trinajstić information content (AvgIpc) is 2.38. The molecule has 2 N–H and O–H groups in total. The lowest BCUT2D eigenvalue weighted by atomic mass is 10.0. The Morgan fingerprint density at radius 3 is 2.58 bits per heavy atom. The van der Waals surface area contributed by atoms with E-state index in [0.717, 1.165) is 23.0 Å². The molecule has 0 spiro atoms. The molecular weight excluding hydrogens is 234 g/mol. The van der Waals surface area contributed by atoms with E-state index in [4.69, 9.17) is 5.73 Å². The lowest BCUT2D eigenvalue weighted by Gasteiger charge is -2.28. The largest absolute Gasteiger partial charge is 0.383 e. The number of nitrogen functional groups attached to an aromatic ring is 1. The van der Waals surface area contributed by atoms with Crippen LogP contribution in [0.5, 0.6) is 0 Å².